The van der Waals surface area contributed by atoms with E-state index in [0.29, 0.717) is 30.7 Å². The van der Waals surface area contributed by atoms with E-state index in [4.69, 9.17) is 4.74 Å². The first-order valence-corrected chi connectivity index (χ1v) is 11.1. The fourth-order valence-electron chi connectivity index (χ4n) is 3.23. The maximum absolute atomic E-state index is 13.1. The summed E-state index contributed by atoms with van der Waals surface area (Å²) in [5.41, 5.74) is 0.806. The summed E-state index contributed by atoms with van der Waals surface area (Å²) in [5, 5.41) is 2.70. The summed E-state index contributed by atoms with van der Waals surface area (Å²) in [7, 11) is -3.92. The summed E-state index contributed by atoms with van der Waals surface area (Å²) in [6.07, 6.45) is 1.65. The second kappa shape index (κ2) is 9.36. The number of nitrogens with one attached hydrogen (secondary N) is 1. The van der Waals surface area contributed by atoms with Crippen molar-refractivity contribution < 1.29 is 27.1 Å². The smallest absolute Gasteiger partial charge is 0.338 e. The predicted octanol–water partition coefficient (Wildman–Crippen LogP) is 3.18. The van der Waals surface area contributed by atoms with Crippen LogP contribution in [0.2, 0.25) is 0 Å². The number of esters is 1. The molecule has 1 unspecified atom stereocenters. The Balaban J connectivity index is 1.70. The fourth-order valence-corrected chi connectivity index (χ4v) is 4.88. The van der Waals surface area contributed by atoms with Crippen molar-refractivity contribution in [2.75, 3.05) is 18.5 Å². The number of sulfonamides is 1. The van der Waals surface area contributed by atoms with Crippen LogP contribution in [-0.4, -0.2) is 43.8 Å². The number of hydrogen-bond acceptors (Lipinski definition) is 5. The molecule has 160 valence electrons. The molecule has 1 heterocycles. The normalized spacial score (nSPS) is 16.9. The summed E-state index contributed by atoms with van der Waals surface area (Å²) in [4.78, 5) is 24.5. The molecule has 9 heteroatoms. The zero-order valence-corrected chi connectivity index (χ0v) is 17.3. The minimum atomic E-state index is -3.92. The molecule has 3 rings (SSSR count). The molecule has 1 amide bonds. The van der Waals surface area contributed by atoms with Gasteiger partial charge in [0.25, 0.3) is 0 Å². The minimum Gasteiger partial charge on any atom is -0.462 e. The number of ether oxygens (including phenoxy) is 1. The Morgan fingerprint density at radius 1 is 1.13 bits per heavy atom. The Hall–Kier alpha value is -2.78. The lowest BCUT2D eigenvalue weighted by Crippen LogP contribution is -2.43. The molecular weight excluding hydrogens is 411 g/mol. The summed E-state index contributed by atoms with van der Waals surface area (Å²) in [6.45, 7) is 2.44. The van der Waals surface area contributed by atoms with E-state index in [2.05, 4.69) is 5.32 Å². The van der Waals surface area contributed by atoms with Crippen LogP contribution in [0.15, 0.2) is 53.4 Å². The second-order valence-electron chi connectivity index (χ2n) is 6.93. The maximum Gasteiger partial charge on any atom is 0.338 e. The van der Waals surface area contributed by atoms with Crippen LogP contribution in [0.3, 0.4) is 0 Å². The molecular formula is C21H23FN2O5S. The topological polar surface area (TPSA) is 92.8 Å². The number of amides is 1. The van der Waals surface area contributed by atoms with Crippen molar-refractivity contribution in [3.05, 3.63) is 59.9 Å². The Labute approximate surface area is 174 Å². The van der Waals surface area contributed by atoms with Gasteiger partial charge in [-0.25, -0.2) is 17.6 Å². The van der Waals surface area contributed by atoms with Crippen molar-refractivity contribution in [1.82, 2.24) is 4.31 Å². The van der Waals surface area contributed by atoms with Crippen molar-refractivity contribution in [2.24, 2.45) is 0 Å². The van der Waals surface area contributed by atoms with Crippen molar-refractivity contribution >= 4 is 27.6 Å². The number of nitrogens with zero attached hydrogens (tertiary/aromatic N) is 1. The van der Waals surface area contributed by atoms with E-state index in [9.17, 15) is 22.4 Å². The average molecular weight is 434 g/mol. The number of carbonyl (C=O) groups excluding carboxylic acids is 2. The first-order valence-electron chi connectivity index (χ1n) is 9.68. The lowest BCUT2D eigenvalue weighted by Gasteiger charge is -2.23. The molecule has 2 aromatic carbocycles. The van der Waals surface area contributed by atoms with E-state index in [1.807, 2.05) is 6.92 Å². The van der Waals surface area contributed by atoms with Crippen LogP contribution in [0.1, 0.15) is 36.5 Å². The molecule has 7 nitrogen and oxygen atoms in total. The Morgan fingerprint density at radius 2 is 1.80 bits per heavy atom. The van der Waals surface area contributed by atoms with Gasteiger partial charge in [-0.1, -0.05) is 6.92 Å². The highest BCUT2D eigenvalue weighted by Crippen LogP contribution is 2.27. The molecule has 1 aliphatic rings. The van der Waals surface area contributed by atoms with Gasteiger partial charge in [0.2, 0.25) is 15.9 Å². The maximum atomic E-state index is 13.1. The van der Waals surface area contributed by atoms with Gasteiger partial charge in [0.1, 0.15) is 11.9 Å². The minimum absolute atomic E-state index is 0.0569. The van der Waals surface area contributed by atoms with Gasteiger partial charge in [0.15, 0.2) is 0 Å². The van der Waals surface area contributed by atoms with Crippen LogP contribution in [0.5, 0.6) is 0 Å². The van der Waals surface area contributed by atoms with Gasteiger partial charge in [-0.15, -0.1) is 0 Å². The number of benzene rings is 2. The highest BCUT2D eigenvalue weighted by molar-refractivity contribution is 7.89. The Bertz CT molecular complexity index is 1010. The van der Waals surface area contributed by atoms with Gasteiger partial charge < -0.3 is 10.1 Å². The zero-order chi connectivity index (χ0) is 21.7. The van der Waals surface area contributed by atoms with E-state index in [1.165, 1.54) is 24.3 Å². The van der Waals surface area contributed by atoms with Crippen LogP contribution in [0, 0.1) is 5.82 Å². The summed E-state index contributed by atoms with van der Waals surface area (Å²) in [6, 6.07) is 9.86. The number of carbonyl (C=O) groups is 2. The fraction of sp³-hybridized carbons (Fsp3) is 0.333. The zero-order valence-electron chi connectivity index (χ0n) is 16.5. The quantitative estimate of drug-likeness (QED) is 0.676. The summed E-state index contributed by atoms with van der Waals surface area (Å²) in [5.74, 6) is -1.44. The van der Waals surface area contributed by atoms with Crippen molar-refractivity contribution in [2.45, 2.75) is 37.1 Å². The third-order valence-corrected chi connectivity index (χ3v) is 6.67. The van der Waals surface area contributed by atoms with E-state index in [-0.39, 0.29) is 11.4 Å². The molecule has 1 atom stereocenters. The van der Waals surface area contributed by atoms with Crippen LogP contribution < -0.4 is 5.32 Å². The highest BCUT2D eigenvalue weighted by atomic mass is 32.2. The molecule has 1 fully saturated rings. The summed E-state index contributed by atoms with van der Waals surface area (Å²) >= 11 is 0. The number of anilines is 1. The molecule has 0 spiro atoms. The molecule has 0 saturated carbocycles. The van der Waals surface area contributed by atoms with Crippen LogP contribution in [0.25, 0.3) is 0 Å². The molecule has 1 aliphatic heterocycles. The van der Waals surface area contributed by atoms with Crippen LogP contribution >= 0.6 is 0 Å². The van der Waals surface area contributed by atoms with Crippen LogP contribution in [-0.2, 0) is 19.6 Å². The molecule has 0 aromatic heterocycles. The second-order valence-corrected chi connectivity index (χ2v) is 8.82. The summed E-state index contributed by atoms with van der Waals surface area (Å²) < 4.78 is 45.1. The van der Waals surface area contributed by atoms with Crippen molar-refractivity contribution in [3.63, 3.8) is 0 Å². The predicted molar refractivity (Wildman–Crippen MR) is 109 cm³/mol. The van der Waals surface area contributed by atoms with Gasteiger partial charge in [-0.3, -0.25) is 4.79 Å². The SMILES string of the molecule is CCCOC(=O)c1ccc(NC(=O)C2CCCN2S(=O)(=O)c2ccc(F)cc2)cc1. The van der Waals surface area contributed by atoms with Gasteiger partial charge in [-0.2, -0.15) is 4.31 Å². The molecule has 1 saturated heterocycles. The first-order chi connectivity index (χ1) is 14.3. The molecule has 2 aromatic rings. The lowest BCUT2D eigenvalue weighted by molar-refractivity contribution is -0.119. The monoisotopic (exact) mass is 434 g/mol. The van der Waals surface area contributed by atoms with E-state index in [1.54, 1.807) is 12.1 Å². The van der Waals surface area contributed by atoms with Gasteiger partial charge in [-0.05, 0) is 67.8 Å². The molecule has 0 bridgehead atoms. The number of rotatable bonds is 7. The molecule has 30 heavy (non-hydrogen) atoms. The highest BCUT2D eigenvalue weighted by Gasteiger charge is 2.39. The lowest BCUT2D eigenvalue weighted by atomic mass is 10.2. The average Bonchev–Trinajstić information content (AvgIpc) is 3.24. The van der Waals surface area contributed by atoms with Crippen molar-refractivity contribution in [3.8, 4) is 0 Å². The van der Waals surface area contributed by atoms with Crippen LogP contribution in [0.4, 0.5) is 10.1 Å². The van der Waals surface area contributed by atoms with Gasteiger partial charge >= 0.3 is 5.97 Å². The number of halogens is 1. The van der Waals surface area contributed by atoms with Gasteiger partial charge in [0.05, 0.1) is 17.1 Å². The van der Waals surface area contributed by atoms with E-state index < -0.39 is 33.8 Å². The molecule has 1 N–H and O–H groups in total. The standard InChI is InChI=1S/C21H23FN2O5S/c1-2-14-29-21(26)15-5-9-17(10-6-15)23-20(25)19-4-3-13-24(19)30(27,28)18-11-7-16(22)8-12-18/h5-12,19H,2-4,13-14H2,1H3,(H,23,25). The Morgan fingerprint density at radius 3 is 2.43 bits per heavy atom. The number of hydrogen-bond donors (Lipinski definition) is 1. The molecule has 0 radical (unpaired) electrons. The molecule has 0 aliphatic carbocycles. The van der Waals surface area contributed by atoms with E-state index >= 15 is 0 Å². The van der Waals surface area contributed by atoms with E-state index in [0.717, 1.165) is 22.9 Å². The first kappa shape index (κ1) is 21.9. The Kier molecular flexibility index (Phi) is 6.84. The largest absolute Gasteiger partial charge is 0.462 e. The van der Waals surface area contributed by atoms with Gasteiger partial charge in [0, 0.05) is 12.2 Å². The van der Waals surface area contributed by atoms with Crippen molar-refractivity contribution in [1.29, 1.82) is 0 Å². The third-order valence-electron chi connectivity index (χ3n) is 4.75. The third kappa shape index (κ3) is 4.85.